The van der Waals surface area contributed by atoms with Crippen LogP contribution in [-0.4, -0.2) is 25.9 Å². The topological polar surface area (TPSA) is 59.9 Å². The van der Waals surface area contributed by atoms with E-state index in [1.54, 1.807) is 31.2 Å². The summed E-state index contributed by atoms with van der Waals surface area (Å²) in [6.07, 6.45) is 0. The number of carbonyl (C=O) groups is 1. The highest BCUT2D eigenvalue weighted by Gasteiger charge is 2.15. The van der Waals surface area contributed by atoms with Crippen molar-refractivity contribution in [1.82, 2.24) is 10.2 Å². The highest BCUT2D eigenvalue weighted by atomic mass is 35.5. The third-order valence-electron chi connectivity index (χ3n) is 2.13. The van der Waals surface area contributed by atoms with Crippen molar-refractivity contribution in [1.29, 1.82) is 0 Å². The molecule has 0 saturated carbocycles. The van der Waals surface area contributed by atoms with Crippen molar-refractivity contribution in [3.63, 3.8) is 0 Å². The van der Waals surface area contributed by atoms with Gasteiger partial charge in [-0.15, -0.1) is 10.2 Å². The maximum absolute atomic E-state index is 11.9. The van der Waals surface area contributed by atoms with Gasteiger partial charge in [0.25, 0.3) is 0 Å². The Morgan fingerprint density at radius 1 is 1.33 bits per heavy atom. The normalized spacial score (nSPS) is 12.3. The minimum atomic E-state index is -1.44. The summed E-state index contributed by atoms with van der Waals surface area (Å²) in [7, 11) is -1.44. The highest BCUT2D eigenvalue weighted by molar-refractivity contribution is 7.87. The average Bonchev–Trinajstić information content (AvgIpc) is 2.76. The van der Waals surface area contributed by atoms with Gasteiger partial charge in [-0.25, -0.2) is 0 Å². The SMILES string of the molecule is Cc1nnc(S(=O)CC(=O)c2ccc(Cl)cc2)s1. The fourth-order valence-electron chi connectivity index (χ4n) is 1.27. The maximum Gasteiger partial charge on any atom is 0.205 e. The molecule has 0 N–H and O–H groups in total. The van der Waals surface area contributed by atoms with E-state index in [2.05, 4.69) is 10.2 Å². The quantitative estimate of drug-likeness (QED) is 0.814. The molecule has 2 aromatic rings. The molecule has 0 aliphatic carbocycles. The first-order valence-electron chi connectivity index (χ1n) is 5.03. The van der Waals surface area contributed by atoms with Crippen molar-refractivity contribution >= 4 is 39.5 Å². The third kappa shape index (κ3) is 3.22. The van der Waals surface area contributed by atoms with Crippen molar-refractivity contribution in [2.75, 3.05) is 5.75 Å². The molecule has 1 heterocycles. The van der Waals surface area contributed by atoms with Gasteiger partial charge in [0.1, 0.15) is 5.01 Å². The van der Waals surface area contributed by atoms with Crippen LogP contribution in [0.2, 0.25) is 5.02 Å². The molecule has 1 unspecified atom stereocenters. The van der Waals surface area contributed by atoms with Crippen molar-refractivity contribution in [3.8, 4) is 0 Å². The summed E-state index contributed by atoms with van der Waals surface area (Å²) in [5, 5.41) is 8.84. The Morgan fingerprint density at radius 2 is 2.00 bits per heavy atom. The number of ketones is 1. The van der Waals surface area contributed by atoms with Crippen LogP contribution in [0, 0.1) is 6.92 Å². The predicted molar refractivity (Wildman–Crippen MR) is 71.7 cm³/mol. The molecule has 0 spiro atoms. The molecule has 2 rings (SSSR count). The molecule has 0 saturated heterocycles. The first-order chi connectivity index (χ1) is 8.56. The monoisotopic (exact) mass is 300 g/mol. The fourth-order valence-corrected chi connectivity index (χ4v) is 3.38. The van der Waals surface area contributed by atoms with Gasteiger partial charge in [0, 0.05) is 10.6 Å². The van der Waals surface area contributed by atoms with Crippen LogP contribution >= 0.6 is 22.9 Å². The standard InChI is InChI=1S/C11H9ClN2O2S2/c1-7-13-14-11(17-7)18(16)6-10(15)8-2-4-9(12)5-3-8/h2-5H,6H2,1H3. The van der Waals surface area contributed by atoms with Crippen molar-refractivity contribution in [3.05, 3.63) is 39.9 Å². The van der Waals surface area contributed by atoms with Gasteiger partial charge in [0.05, 0.1) is 16.6 Å². The number of aromatic nitrogens is 2. The van der Waals surface area contributed by atoms with E-state index in [9.17, 15) is 9.00 Å². The van der Waals surface area contributed by atoms with Crippen LogP contribution < -0.4 is 0 Å². The van der Waals surface area contributed by atoms with Crippen LogP contribution in [0.1, 0.15) is 15.4 Å². The molecule has 0 fully saturated rings. The zero-order chi connectivity index (χ0) is 13.1. The molecule has 18 heavy (non-hydrogen) atoms. The second-order valence-electron chi connectivity index (χ2n) is 3.51. The van der Waals surface area contributed by atoms with Crippen molar-refractivity contribution in [2.45, 2.75) is 11.3 Å². The first-order valence-corrected chi connectivity index (χ1v) is 7.55. The molecule has 7 heteroatoms. The van der Waals surface area contributed by atoms with Crippen molar-refractivity contribution in [2.24, 2.45) is 0 Å². The molecule has 0 bridgehead atoms. The van der Waals surface area contributed by atoms with Crippen LogP contribution in [-0.2, 0) is 10.8 Å². The number of carbonyl (C=O) groups excluding carboxylic acids is 1. The molecule has 4 nitrogen and oxygen atoms in total. The van der Waals surface area contributed by atoms with E-state index >= 15 is 0 Å². The Morgan fingerprint density at radius 3 is 2.56 bits per heavy atom. The van der Waals surface area contributed by atoms with E-state index in [1.807, 2.05) is 0 Å². The molecule has 0 amide bonds. The van der Waals surface area contributed by atoms with E-state index in [4.69, 9.17) is 11.6 Å². The first kappa shape index (κ1) is 13.3. The minimum Gasteiger partial charge on any atom is -0.293 e. The molecule has 0 aliphatic heterocycles. The van der Waals surface area contributed by atoms with Gasteiger partial charge in [-0.3, -0.25) is 9.00 Å². The molecule has 1 aromatic heterocycles. The van der Waals surface area contributed by atoms with Gasteiger partial charge in [-0.1, -0.05) is 22.9 Å². The van der Waals surface area contributed by atoms with E-state index < -0.39 is 10.8 Å². The van der Waals surface area contributed by atoms with Crippen LogP contribution in [0.15, 0.2) is 28.6 Å². The molecule has 0 radical (unpaired) electrons. The lowest BCUT2D eigenvalue weighted by atomic mass is 10.1. The Labute approximate surface area is 115 Å². The zero-order valence-corrected chi connectivity index (χ0v) is 11.8. The Hall–Kier alpha value is -1.11. The summed E-state index contributed by atoms with van der Waals surface area (Å²) < 4.78 is 12.3. The van der Waals surface area contributed by atoms with Crippen LogP contribution in [0.25, 0.3) is 0 Å². The van der Waals surface area contributed by atoms with Crippen molar-refractivity contribution < 1.29 is 9.00 Å². The van der Waals surface area contributed by atoms with Gasteiger partial charge < -0.3 is 0 Å². The molecule has 0 aliphatic rings. The Balaban J connectivity index is 2.08. The van der Waals surface area contributed by atoms with E-state index in [0.717, 1.165) is 5.01 Å². The van der Waals surface area contributed by atoms with Gasteiger partial charge in [-0.05, 0) is 31.2 Å². The summed E-state index contributed by atoms with van der Waals surface area (Å²) in [5.74, 6) is -0.283. The molecule has 1 aromatic carbocycles. The maximum atomic E-state index is 11.9. The van der Waals surface area contributed by atoms with E-state index in [1.165, 1.54) is 11.3 Å². The Bertz CT molecular complexity index is 595. The summed E-state index contributed by atoms with van der Waals surface area (Å²) in [6, 6.07) is 6.50. The van der Waals surface area contributed by atoms with Crippen LogP contribution in [0.4, 0.5) is 0 Å². The molecular weight excluding hydrogens is 292 g/mol. The number of halogens is 1. The van der Waals surface area contributed by atoms with Crippen LogP contribution in [0.5, 0.6) is 0 Å². The lowest BCUT2D eigenvalue weighted by Crippen LogP contribution is -2.10. The largest absolute Gasteiger partial charge is 0.293 e. The number of hydrogen-bond acceptors (Lipinski definition) is 5. The summed E-state index contributed by atoms with van der Waals surface area (Å²) in [6.45, 7) is 1.78. The van der Waals surface area contributed by atoms with Gasteiger partial charge in [0.2, 0.25) is 4.34 Å². The third-order valence-corrected chi connectivity index (χ3v) is 4.82. The second kappa shape index (κ2) is 5.69. The highest BCUT2D eigenvalue weighted by Crippen LogP contribution is 2.15. The summed E-state index contributed by atoms with van der Waals surface area (Å²) in [5.41, 5.74) is 0.494. The number of hydrogen-bond donors (Lipinski definition) is 0. The number of aryl methyl sites for hydroxylation is 1. The van der Waals surface area contributed by atoms with E-state index in [0.29, 0.717) is 14.9 Å². The smallest absolute Gasteiger partial charge is 0.205 e. The summed E-state index contributed by atoms with van der Waals surface area (Å²) >= 11 is 6.97. The van der Waals surface area contributed by atoms with Gasteiger partial charge >= 0.3 is 0 Å². The fraction of sp³-hybridized carbons (Fsp3) is 0.182. The van der Waals surface area contributed by atoms with Crippen LogP contribution in [0.3, 0.4) is 0 Å². The predicted octanol–water partition coefficient (Wildman–Crippen LogP) is 2.49. The average molecular weight is 301 g/mol. The lowest BCUT2D eigenvalue weighted by Gasteiger charge is -1.99. The number of benzene rings is 1. The lowest BCUT2D eigenvalue weighted by molar-refractivity contribution is 0.102. The number of Topliss-reactive ketones (excluding diaryl/α,β-unsaturated/α-hetero) is 1. The number of nitrogens with zero attached hydrogens (tertiary/aromatic N) is 2. The second-order valence-corrected chi connectivity index (χ2v) is 6.75. The molecular formula is C11H9ClN2O2S2. The zero-order valence-electron chi connectivity index (χ0n) is 9.42. The Kier molecular flexibility index (Phi) is 4.21. The minimum absolute atomic E-state index is 0.0870. The van der Waals surface area contributed by atoms with Gasteiger partial charge in [-0.2, -0.15) is 0 Å². The van der Waals surface area contributed by atoms with E-state index in [-0.39, 0.29) is 11.5 Å². The van der Waals surface area contributed by atoms with Gasteiger partial charge in [0.15, 0.2) is 5.78 Å². The molecule has 94 valence electrons. The number of rotatable bonds is 4. The molecule has 1 atom stereocenters. The summed E-state index contributed by atoms with van der Waals surface area (Å²) in [4.78, 5) is 11.9.